The van der Waals surface area contributed by atoms with Crippen LogP contribution in [0.2, 0.25) is 0 Å². The van der Waals surface area contributed by atoms with E-state index >= 15 is 0 Å². The molecule has 0 saturated carbocycles. The SMILES string of the molecule is CC1(C)c2ccccc2-c2ccc(N)cc21.Nc1c2ccccc2c(/C=C/c2ccccc2)c2ccccc12.Nc1c2ccccc2c(N)c2ccccc12.Nc1ccc(-c2ccc(/C=C/c3ccccc3)c3ccccc23)c2ccccc12.Nc1ccc(/C=C/c2ccccc2)c2ccccc12.Nc1ccc(/C=C/c2ccccc2)cc1.Nc1ccc2c(c1)c1cc(N)ccc1n2-c1ccccc1. The van der Waals surface area contributed by atoms with Gasteiger partial charge in [0.05, 0.1) is 11.0 Å². The Labute approximate surface area is 811 Å². The molecule has 1 aliphatic rings. The summed E-state index contributed by atoms with van der Waals surface area (Å²) in [5.74, 6) is 0. The molecule has 18 N–H and O–H groups in total. The quantitative estimate of drug-likeness (QED) is 0.0273. The predicted molar refractivity (Wildman–Crippen MR) is 606 cm³/mol. The molecule has 0 radical (unpaired) electrons. The average Bonchev–Trinajstić information content (AvgIpc) is 1.46. The fourth-order valence-electron chi connectivity index (χ4n) is 18.6. The first-order valence-electron chi connectivity index (χ1n) is 46.6. The molecule has 1 aromatic heterocycles. The van der Waals surface area contributed by atoms with Gasteiger partial charge in [0.15, 0.2) is 0 Å². The topological polar surface area (TPSA) is 239 Å². The number of hydrogen-bond donors (Lipinski definition) is 9. The lowest BCUT2D eigenvalue weighted by Crippen LogP contribution is -2.15. The number of nitrogens with two attached hydrogens (primary N) is 9. The lowest BCUT2D eigenvalue weighted by atomic mass is 9.82. The zero-order chi connectivity index (χ0) is 95.7. The van der Waals surface area contributed by atoms with Crippen LogP contribution in [0.1, 0.15) is 69.5 Å². The number of rotatable bonds is 10. The molecule has 10 nitrogen and oxygen atoms in total. The highest BCUT2D eigenvalue weighted by Crippen LogP contribution is 2.50. The molecule has 139 heavy (non-hydrogen) atoms. The molecule has 0 spiro atoms. The van der Waals surface area contributed by atoms with Crippen molar-refractivity contribution in [3.63, 3.8) is 0 Å². The molecule has 0 atom stereocenters. The number of nitrogen functional groups attached to an aromatic ring is 9. The third-order valence-corrected chi connectivity index (χ3v) is 25.6. The zero-order valence-electron chi connectivity index (χ0n) is 77.6. The molecule has 0 aliphatic heterocycles. The van der Waals surface area contributed by atoms with Crippen molar-refractivity contribution in [1.29, 1.82) is 0 Å². The molecule has 0 unspecified atom stereocenters. The number of nitrogens with zero attached hydrogens (tertiary/aromatic N) is 1. The fraction of sp³-hybridized carbons (Fsp3) is 0.0233. The van der Waals surface area contributed by atoms with E-state index in [4.69, 9.17) is 51.6 Å². The van der Waals surface area contributed by atoms with Gasteiger partial charge in [0, 0.05) is 116 Å². The first-order chi connectivity index (χ1) is 68.0. The summed E-state index contributed by atoms with van der Waals surface area (Å²) < 4.78 is 2.24. The van der Waals surface area contributed by atoms with Crippen molar-refractivity contribution in [2.45, 2.75) is 19.3 Å². The van der Waals surface area contributed by atoms with Gasteiger partial charge in [-0.3, -0.25) is 0 Å². The van der Waals surface area contributed by atoms with Crippen LogP contribution in [0, 0.1) is 0 Å². The van der Waals surface area contributed by atoms with Crippen LogP contribution in [0.15, 0.2) is 461 Å². The Morgan fingerprint density at radius 1 is 0.187 bits per heavy atom. The van der Waals surface area contributed by atoms with E-state index in [-0.39, 0.29) is 5.41 Å². The van der Waals surface area contributed by atoms with Crippen molar-refractivity contribution in [2.75, 3.05) is 51.6 Å². The van der Waals surface area contributed by atoms with Gasteiger partial charge in [-0.15, -0.1) is 0 Å². The van der Waals surface area contributed by atoms with E-state index in [1.54, 1.807) is 0 Å². The van der Waals surface area contributed by atoms with Gasteiger partial charge in [-0.25, -0.2) is 0 Å². The summed E-state index contributed by atoms with van der Waals surface area (Å²) in [5.41, 5.74) is 82.6. The lowest BCUT2D eigenvalue weighted by Gasteiger charge is -2.21. The van der Waals surface area contributed by atoms with Crippen molar-refractivity contribution in [2.24, 2.45) is 0 Å². The Bertz CT molecular complexity index is 8250. The summed E-state index contributed by atoms with van der Waals surface area (Å²) in [6.07, 6.45) is 17.1. The highest BCUT2D eigenvalue weighted by Gasteiger charge is 2.35. The van der Waals surface area contributed by atoms with Crippen molar-refractivity contribution >= 4 is 197 Å². The maximum absolute atomic E-state index is 6.41. The van der Waals surface area contributed by atoms with E-state index in [0.717, 1.165) is 127 Å². The predicted octanol–water partition coefficient (Wildman–Crippen LogP) is 31.9. The van der Waals surface area contributed by atoms with Gasteiger partial charge < -0.3 is 56.2 Å². The van der Waals surface area contributed by atoms with Crippen molar-refractivity contribution in [3.8, 4) is 27.9 Å². The zero-order valence-corrected chi connectivity index (χ0v) is 77.6. The summed E-state index contributed by atoms with van der Waals surface area (Å²) >= 11 is 0. The Kier molecular flexibility index (Phi) is 27.4. The maximum Gasteiger partial charge on any atom is 0.0542 e. The summed E-state index contributed by atoms with van der Waals surface area (Å²) in [6, 6.07) is 157. The Hall–Kier alpha value is -18.4. The monoisotopic (exact) mass is 1800 g/mol. The number of aromatic nitrogens is 1. The molecular formula is C129H108N10. The highest BCUT2D eigenvalue weighted by atomic mass is 15.0. The van der Waals surface area contributed by atoms with E-state index in [9.17, 15) is 0 Å². The van der Waals surface area contributed by atoms with Crippen LogP contribution in [0.5, 0.6) is 0 Å². The van der Waals surface area contributed by atoms with Crippen molar-refractivity contribution in [3.05, 3.63) is 517 Å². The molecule has 10 heteroatoms. The fourth-order valence-corrected chi connectivity index (χ4v) is 18.6. The van der Waals surface area contributed by atoms with Gasteiger partial charge in [-0.05, 0) is 195 Å². The molecule has 0 bridgehead atoms. The molecule has 0 amide bonds. The number of fused-ring (bicyclic) bond motifs is 13. The Balaban J connectivity index is 0.000000109. The van der Waals surface area contributed by atoms with Gasteiger partial charge in [0.1, 0.15) is 0 Å². The summed E-state index contributed by atoms with van der Waals surface area (Å²) in [4.78, 5) is 0. The Morgan fingerprint density at radius 3 is 0.914 bits per heavy atom. The summed E-state index contributed by atoms with van der Waals surface area (Å²) in [5, 5.41) is 18.0. The van der Waals surface area contributed by atoms with Crippen LogP contribution in [0.3, 0.4) is 0 Å². The standard InChI is InChI=1S/C28H21N.C22H17N.C18H15N3.C18H15N.C15H15N.C14H12N2.C14H13N/c29-28-19-18-26(24-12-6-7-13-27(24)28)25-17-16-21(22-10-4-5-11-23(22)25)15-14-20-8-2-1-3-9-20;23-22-20-12-6-4-10-17(20)19(18-11-5-7-13-21(18)22)15-14-16-8-2-1-3-9-16;19-12-6-8-17-15(10-12)16-11-13(20)7-9-18(16)21(17)14-4-2-1-3-5-14;19-18-13-12-15(16-8-4-5-9-17(16)18)11-10-14-6-2-1-3-7-14;1-15(2)13-6-4-3-5-11(13)12-8-7-10(16)9-14(12)15;15-13-9-5-1-2-6-10(9)14(16)12-8-4-3-7-11(12)13;15-14-10-8-13(9-11-14)7-6-12-4-2-1-3-5-12/h1-19H,29H2;1-15H,23H2;1-11H,19-20H2;1-13H,19H2;3-9H,16H2,1-2H3;1-8H,15-16H2;1-11H,15H2/b2*15-14+;;11-10+;;;7-6+. The van der Waals surface area contributed by atoms with Crippen LogP contribution >= 0.6 is 0 Å². The van der Waals surface area contributed by atoms with Gasteiger partial charge in [0.2, 0.25) is 0 Å². The Morgan fingerprint density at radius 2 is 0.468 bits per heavy atom. The molecule has 1 aliphatic carbocycles. The first kappa shape index (κ1) is 91.1. The third-order valence-electron chi connectivity index (χ3n) is 25.6. The first-order valence-corrected chi connectivity index (χ1v) is 46.6. The van der Waals surface area contributed by atoms with Gasteiger partial charge in [-0.1, -0.05) is 439 Å². The summed E-state index contributed by atoms with van der Waals surface area (Å²) in [7, 11) is 0. The molecule has 24 rings (SSSR count). The lowest BCUT2D eigenvalue weighted by molar-refractivity contribution is 0.660. The largest absolute Gasteiger partial charge is 0.399 e. The molecule has 674 valence electrons. The minimum atomic E-state index is 0.0707. The van der Waals surface area contributed by atoms with Gasteiger partial charge in [0.25, 0.3) is 0 Å². The van der Waals surface area contributed by atoms with E-state index in [1.807, 2.05) is 212 Å². The molecule has 0 fully saturated rings. The van der Waals surface area contributed by atoms with Crippen LogP contribution < -0.4 is 51.6 Å². The van der Waals surface area contributed by atoms with Crippen molar-refractivity contribution < 1.29 is 0 Å². The van der Waals surface area contributed by atoms with Crippen LogP contribution in [0.4, 0.5) is 51.2 Å². The number of hydrogen-bond acceptors (Lipinski definition) is 9. The second-order valence-electron chi connectivity index (χ2n) is 35.0. The second-order valence-corrected chi connectivity index (χ2v) is 35.0. The van der Waals surface area contributed by atoms with Crippen LogP contribution in [0.25, 0.3) is 174 Å². The minimum absolute atomic E-state index is 0.0707. The maximum atomic E-state index is 6.41. The highest BCUT2D eigenvalue weighted by molar-refractivity contribution is 6.20. The van der Waals surface area contributed by atoms with Crippen molar-refractivity contribution in [1.82, 2.24) is 4.57 Å². The molecule has 23 aromatic rings. The van der Waals surface area contributed by atoms with E-state index < -0.39 is 0 Å². The van der Waals surface area contributed by atoms with Gasteiger partial charge >= 0.3 is 0 Å². The van der Waals surface area contributed by atoms with E-state index in [0.29, 0.717) is 0 Å². The molecule has 0 saturated heterocycles. The molecule has 1 heterocycles. The minimum Gasteiger partial charge on any atom is -0.399 e. The van der Waals surface area contributed by atoms with Gasteiger partial charge in [-0.2, -0.15) is 0 Å². The number of benzene rings is 22. The molecular weight excluding hydrogens is 1690 g/mol. The second kappa shape index (κ2) is 41.8. The normalized spacial score (nSPS) is 11.7. The van der Waals surface area contributed by atoms with E-state index in [2.05, 4.69) is 316 Å². The average molecular weight is 1800 g/mol. The number of anilines is 9. The molecule has 22 aromatic carbocycles. The summed E-state index contributed by atoms with van der Waals surface area (Å²) in [6.45, 7) is 4.52. The van der Waals surface area contributed by atoms with Crippen LogP contribution in [-0.4, -0.2) is 4.57 Å². The third kappa shape index (κ3) is 20.3. The number of para-hydroxylation sites is 1. The van der Waals surface area contributed by atoms with Crippen LogP contribution in [-0.2, 0) is 5.41 Å². The smallest absolute Gasteiger partial charge is 0.0542 e. The van der Waals surface area contributed by atoms with E-state index in [1.165, 1.54) is 105 Å².